The molecule has 0 atom stereocenters. The van der Waals surface area contributed by atoms with E-state index in [0.717, 1.165) is 30.9 Å². The number of urea groups is 1. The third kappa shape index (κ3) is 4.36. The van der Waals surface area contributed by atoms with Crippen LogP contribution in [0.4, 0.5) is 16.3 Å². The first-order valence-corrected chi connectivity index (χ1v) is 8.69. The average molecular weight is 356 g/mol. The minimum absolute atomic E-state index is 0.298. The first kappa shape index (κ1) is 17.8. The van der Waals surface area contributed by atoms with E-state index >= 15 is 0 Å². The molecule has 1 aliphatic rings. The van der Waals surface area contributed by atoms with Crippen molar-refractivity contribution < 1.29 is 14.3 Å². The summed E-state index contributed by atoms with van der Waals surface area (Å²) in [7, 11) is 3.13. The minimum Gasteiger partial charge on any atom is -0.497 e. The number of amides is 2. The maximum absolute atomic E-state index is 12.2. The Bertz CT molecular complexity index is 779. The van der Waals surface area contributed by atoms with Gasteiger partial charge in [-0.25, -0.2) is 9.78 Å². The zero-order valence-electron chi connectivity index (χ0n) is 15.1. The summed E-state index contributed by atoms with van der Waals surface area (Å²) in [5.41, 5.74) is 2.77. The van der Waals surface area contributed by atoms with Crippen molar-refractivity contribution in [1.29, 1.82) is 0 Å². The molecule has 2 aromatic rings. The number of carbonyl (C=O) groups is 1. The molecule has 0 fully saturated rings. The van der Waals surface area contributed by atoms with Crippen LogP contribution in [0.25, 0.3) is 0 Å². The predicted molar refractivity (Wildman–Crippen MR) is 101 cm³/mol. The molecule has 3 rings (SSSR count). The first-order chi connectivity index (χ1) is 12.7. The molecule has 26 heavy (non-hydrogen) atoms. The number of ether oxygens (including phenoxy) is 2. The minimum atomic E-state index is -0.298. The van der Waals surface area contributed by atoms with Crippen molar-refractivity contribution in [3.05, 3.63) is 41.6 Å². The Kier molecular flexibility index (Phi) is 5.78. The molecule has 2 heterocycles. The second-order valence-electron chi connectivity index (χ2n) is 6.04. The van der Waals surface area contributed by atoms with Crippen LogP contribution in [0.3, 0.4) is 0 Å². The summed E-state index contributed by atoms with van der Waals surface area (Å²) >= 11 is 0. The predicted octanol–water partition coefficient (Wildman–Crippen LogP) is 2.82. The summed E-state index contributed by atoms with van der Waals surface area (Å²) < 4.78 is 10.4. The van der Waals surface area contributed by atoms with Crippen molar-refractivity contribution in [3.63, 3.8) is 0 Å². The Morgan fingerprint density at radius 2 is 2.12 bits per heavy atom. The number of methoxy groups -OCH3 is 2. The highest BCUT2D eigenvalue weighted by Crippen LogP contribution is 2.28. The van der Waals surface area contributed by atoms with Crippen molar-refractivity contribution in [2.75, 3.05) is 37.9 Å². The van der Waals surface area contributed by atoms with E-state index in [-0.39, 0.29) is 6.03 Å². The number of aryl methyl sites for hydroxylation is 1. The Labute approximate surface area is 153 Å². The lowest BCUT2D eigenvalue weighted by molar-refractivity contribution is 0.252. The fraction of sp³-hybridized carbons (Fsp3) is 0.368. The molecule has 2 amide bonds. The highest BCUT2D eigenvalue weighted by atomic mass is 16.5. The average Bonchev–Trinajstić information content (AvgIpc) is 2.67. The van der Waals surface area contributed by atoms with Crippen molar-refractivity contribution >= 4 is 17.5 Å². The monoisotopic (exact) mass is 356 g/mol. The highest BCUT2D eigenvalue weighted by Gasteiger charge is 2.11. The number of anilines is 2. The van der Waals surface area contributed by atoms with E-state index in [1.165, 1.54) is 5.56 Å². The van der Waals surface area contributed by atoms with E-state index < -0.39 is 0 Å². The molecule has 0 aliphatic carbocycles. The molecule has 138 valence electrons. The van der Waals surface area contributed by atoms with Crippen LogP contribution in [0, 0.1) is 0 Å². The molecule has 7 heteroatoms. The zero-order valence-corrected chi connectivity index (χ0v) is 15.1. The van der Waals surface area contributed by atoms with E-state index in [1.807, 2.05) is 6.07 Å². The molecular formula is C19H24N4O3. The molecule has 0 saturated heterocycles. The van der Waals surface area contributed by atoms with Crippen molar-refractivity contribution in [2.24, 2.45) is 0 Å². The first-order valence-electron chi connectivity index (χ1n) is 8.69. The summed E-state index contributed by atoms with van der Waals surface area (Å²) in [6.07, 6.45) is 2.87. The third-order valence-electron chi connectivity index (χ3n) is 4.27. The number of nitrogens with zero attached hydrogens (tertiary/aromatic N) is 1. The fourth-order valence-corrected chi connectivity index (χ4v) is 2.89. The number of carbonyl (C=O) groups excluding carboxylic acids is 1. The lowest BCUT2D eigenvalue weighted by Crippen LogP contribution is -2.30. The molecule has 0 spiro atoms. The second kappa shape index (κ2) is 8.42. The van der Waals surface area contributed by atoms with Crippen molar-refractivity contribution in [2.45, 2.75) is 19.3 Å². The number of pyridine rings is 1. The van der Waals surface area contributed by atoms with Crippen LogP contribution in [-0.2, 0) is 12.8 Å². The molecule has 0 unspecified atom stereocenters. The normalized spacial score (nSPS) is 12.5. The van der Waals surface area contributed by atoms with Gasteiger partial charge in [0.05, 0.1) is 19.9 Å². The van der Waals surface area contributed by atoms with Gasteiger partial charge in [0.15, 0.2) is 0 Å². The lowest BCUT2D eigenvalue weighted by atomic mass is 10.1. The van der Waals surface area contributed by atoms with Gasteiger partial charge >= 0.3 is 6.03 Å². The Hall–Kier alpha value is -2.96. The molecule has 3 N–H and O–H groups in total. The van der Waals surface area contributed by atoms with Gasteiger partial charge in [0.1, 0.15) is 17.3 Å². The standard InChI is InChI=1S/C19H24N4O3/c1-25-15-7-8-17(26-2)16(12-15)23-19(24)21-11-9-14-6-5-13-4-3-10-20-18(13)22-14/h5-8,12H,3-4,9-11H2,1-2H3,(H,20,22)(H2,21,23,24). The van der Waals surface area contributed by atoms with Crippen LogP contribution in [0.1, 0.15) is 17.7 Å². The van der Waals surface area contributed by atoms with E-state index in [0.29, 0.717) is 30.2 Å². The van der Waals surface area contributed by atoms with Gasteiger partial charge in [0.2, 0.25) is 0 Å². The molecule has 0 bridgehead atoms. The highest BCUT2D eigenvalue weighted by molar-refractivity contribution is 5.91. The zero-order chi connectivity index (χ0) is 18.4. The van der Waals surface area contributed by atoms with Gasteiger partial charge in [-0.05, 0) is 36.6 Å². The van der Waals surface area contributed by atoms with Gasteiger partial charge in [-0.1, -0.05) is 6.07 Å². The van der Waals surface area contributed by atoms with Gasteiger partial charge in [0, 0.05) is 31.3 Å². The maximum atomic E-state index is 12.2. The van der Waals surface area contributed by atoms with Crippen LogP contribution in [0.5, 0.6) is 11.5 Å². The number of fused-ring (bicyclic) bond motifs is 1. The molecule has 1 aliphatic heterocycles. The molecule has 1 aromatic carbocycles. The number of benzene rings is 1. The van der Waals surface area contributed by atoms with Gasteiger partial charge in [0.25, 0.3) is 0 Å². The van der Waals surface area contributed by atoms with Crippen LogP contribution >= 0.6 is 0 Å². The Morgan fingerprint density at radius 3 is 2.92 bits per heavy atom. The number of hydrogen-bond donors (Lipinski definition) is 3. The quantitative estimate of drug-likeness (QED) is 0.741. The summed E-state index contributed by atoms with van der Waals surface area (Å²) in [5.74, 6) is 2.19. The maximum Gasteiger partial charge on any atom is 0.319 e. The molecule has 0 radical (unpaired) electrons. The second-order valence-corrected chi connectivity index (χ2v) is 6.04. The van der Waals surface area contributed by atoms with Crippen LogP contribution in [0.15, 0.2) is 30.3 Å². The lowest BCUT2D eigenvalue weighted by Gasteiger charge is -2.17. The number of aromatic nitrogens is 1. The van der Waals surface area contributed by atoms with Gasteiger partial charge < -0.3 is 25.4 Å². The Morgan fingerprint density at radius 1 is 1.23 bits per heavy atom. The summed E-state index contributed by atoms with van der Waals surface area (Å²) in [4.78, 5) is 16.8. The molecular weight excluding hydrogens is 332 g/mol. The largest absolute Gasteiger partial charge is 0.497 e. The number of rotatable bonds is 6. The smallest absolute Gasteiger partial charge is 0.319 e. The number of nitrogens with one attached hydrogen (secondary N) is 3. The third-order valence-corrected chi connectivity index (χ3v) is 4.27. The van der Waals surface area contributed by atoms with Crippen molar-refractivity contribution in [3.8, 4) is 11.5 Å². The van der Waals surface area contributed by atoms with Crippen LogP contribution in [0.2, 0.25) is 0 Å². The van der Waals surface area contributed by atoms with Gasteiger partial charge in [-0.15, -0.1) is 0 Å². The van der Waals surface area contributed by atoms with E-state index in [9.17, 15) is 4.79 Å². The number of hydrogen-bond acceptors (Lipinski definition) is 5. The van der Waals surface area contributed by atoms with Gasteiger partial charge in [-0.2, -0.15) is 0 Å². The summed E-state index contributed by atoms with van der Waals surface area (Å²) in [6, 6.07) is 9.08. The van der Waals surface area contributed by atoms with Crippen LogP contribution < -0.4 is 25.4 Å². The topological polar surface area (TPSA) is 84.5 Å². The fourth-order valence-electron chi connectivity index (χ4n) is 2.89. The molecule has 7 nitrogen and oxygen atoms in total. The summed E-state index contributed by atoms with van der Waals surface area (Å²) in [6.45, 7) is 1.45. The van der Waals surface area contributed by atoms with E-state index in [1.54, 1.807) is 32.4 Å². The van der Waals surface area contributed by atoms with Crippen molar-refractivity contribution in [1.82, 2.24) is 10.3 Å². The van der Waals surface area contributed by atoms with Gasteiger partial charge in [-0.3, -0.25) is 0 Å². The SMILES string of the molecule is COc1ccc(OC)c(NC(=O)NCCc2ccc3c(n2)NCCC3)c1. The summed E-state index contributed by atoms with van der Waals surface area (Å²) in [5, 5.41) is 8.95. The molecule has 0 saturated carbocycles. The van der Waals surface area contributed by atoms with E-state index in [4.69, 9.17) is 9.47 Å². The van der Waals surface area contributed by atoms with E-state index in [2.05, 4.69) is 27.0 Å². The van der Waals surface area contributed by atoms with Crippen LogP contribution in [-0.4, -0.2) is 38.3 Å². The Balaban J connectivity index is 1.53. The molecule has 1 aromatic heterocycles.